The Balaban J connectivity index is 2.15. The monoisotopic (exact) mass is 227 g/mol. The predicted octanol–water partition coefficient (Wildman–Crippen LogP) is 2.25. The summed E-state index contributed by atoms with van der Waals surface area (Å²) in [6, 6.07) is 0. The number of methoxy groups -OCH3 is 1. The first-order valence-corrected chi connectivity index (χ1v) is 6.45. The van der Waals surface area contributed by atoms with E-state index in [9.17, 15) is 4.79 Å². The standard InChI is InChI=1S/C11H17NO2S/c1-8-3-5-11(14-2,6-4-8)10-12-9(13)7-15-10/h8H,3-7H2,1-2H3. The summed E-state index contributed by atoms with van der Waals surface area (Å²) in [7, 11) is 1.74. The van der Waals surface area contributed by atoms with E-state index in [4.69, 9.17) is 4.74 Å². The molecular weight excluding hydrogens is 210 g/mol. The Morgan fingerprint density at radius 2 is 2.13 bits per heavy atom. The third-order valence-electron chi connectivity index (χ3n) is 3.42. The van der Waals surface area contributed by atoms with Gasteiger partial charge in [0.25, 0.3) is 5.91 Å². The normalized spacial score (nSPS) is 36.8. The van der Waals surface area contributed by atoms with Crippen LogP contribution in [0.3, 0.4) is 0 Å². The molecule has 1 heterocycles. The topological polar surface area (TPSA) is 38.7 Å². The number of amides is 1. The highest BCUT2D eigenvalue weighted by Gasteiger charge is 2.41. The van der Waals surface area contributed by atoms with Crippen LogP contribution in [0.2, 0.25) is 0 Å². The van der Waals surface area contributed by atoms with Gasteiger partial charge in [-0.2, -0.15) is 0 Å². The molecule has 2 aliphatic rings. The van der Waals surface area contributed by atoms with Crippen molar-refractivity contribution in [3.63, 3.8) is 0 Å². The second-order valence-electron chi connectivity index (χ2n) is 4.48. The van der Waals surface area contributed by atoms with E-state index >= 15 is 0 Å². The summed E-state index contributed by atoms with van der Waals surface area (Å²) in [5, 5.41) is 0.918. The number of ether oxygens (including phenoxy) is 1. The lowest BCUT2D eigenvalue weighted by molar-refractivity contribution is -0.115. The van der Waals surface area contributed by atoms with Crippen LogP contribution in [0.25, 0.3) is 0 Å². The average Bonchev–Trinajstić information content (AvgIpc) is 2.67. The minimum Gasteiger partial charge on any atom is -0.371 e. The summed E-state index contributed by atoms with van der Waals surface area (Å²) in [4.78, 5) is 15.3. The van der Waals surface area contributed by atoms with E-state index in [1.807, 2.05) is 0 Å². The van der Waals surface area contributed by atoms with Crippen molar-refractivity contribution in [3.05, 3.63) is 0 Å². The molecule has 0 bridgehead atoms. The molecule has 1 saturated carbocycles. The van der Waals surface area contributed by atoms with E-state index < -0.39 is 0 Å². The Labute approximate surface area is 94.7 Å². The van der Waals surface area contributed by atoms with Gasteiger partial charge >= 0.3 is 0 Å². The number of hydrogen-bond donors (Lipinski definition) is 0. The fourth-order valence-electron chi connectivity index (χ4n) is 2.28. The van der Waals surface area contributed by atoms with E-state index in [0.29, 0.717) is 5.75 Å². The maximum Gasteiger partial charge on any atom is 0.256 e. The van der Waals surface area contributed by atoms with Crippen LogP contribution in [-0.2, 0) is 9.53 Å². The van der Waals surface area contributed by atoms with Crippen LogP contribution >= 0.6 is 11.8 Å². The minimum atomic E-state index is -0.247. The van der Waals surface area contributed by atoms with Crippen molar-refractivity contribution in [1.29, 1.82) is 0 Å². The molecule has 2 rings (SSSR count). The summed E-state index contributed by atoms with van der Waals surface area (Å²) in [6.07, 6.45) is 4.34. The van der Waals surface area contributed by atoms with Gasteiger partial charge in [0.15, 0.2) is 0 Å². The molecule has 1 amide bonds. The van der Waals surface area contributed by atoms with Crippen LogP contribution in [0, 0.1) is 5.92 Å². The lowest BCUT2D eigenvalue weighted by Gasteiger charge is -2.37. The zero-order valence-electron chi connectivity index (χ0n) is 9.28. The van der Waals surface area contributed by atoms with Crippen molar-refractivity contribution >= 4 is 22.7 Å². The highest BCUT2D eigenvalue weighted by molar-refractivity contribution is 8.15. The summed E-state index contributed by atoms with van der Waals surface area (Å²) < 4.78 is 5.66. The molecule has 0 aromatic carbocycles. The summed E-state index contributed by atoms with van der Waals surface area (Å²) in [6.45, 7) is 2.27. The molecular formula is C11H17NO2S. The van der Waals surface area contributed by atoms with Gasteiger partial charge in [0.1, 0.15) is 10.6 Å². The Bertz CT molecular complexity index is 293. The Morgan fingerprint density at radius 3 is 2.60 bits per heavy atom. The molecule has 0 radical (unpaired) electrons. The highest BCUT2D eigenvalue weighted by atomic mass is 32.2. The molecule has 0 saturated heterocycles. The molecule has 0 spiro atoms. The Hall–Kier alpha value is -0.350. The molecule has 4 heteroatoms. The molecule has 0 unspecified atom stereocenters. The maximum absolute atomic E-state index is 11.2. The molecule has 0 aromatic heterocycles. The van der Waals surface area contributed by atoms with Crippen LogP contribution < -0.4 is 0 Å². The fourth-order valence-corrected chi connectivity index (χ4v) is 3.32. The van der Waals surface area contributed by atoms with Crippen molar-refractivity contribution in [1.82, 2.24) is 0 Å². The van der Waals surface area contributed by atoms with Gasteiger partial charge in [-0.3, -0.25) is 4.79 Å². The molecule has 0 N–H and O–H groups in total. The van der Waals surface area contributed by atoms with E-state index in [1.165, 1.54) is 12.8 Å². The lowest BCUT2D eigenvalue weighted by Crippen LogP contribution is -2.41. The van der Waals surface area contributed by atoms with Gasteiger partial charge in [0.2, 0.25) is 0 Å². The first-order valence-electron chi connectivity index (χ1n) is 5.46. The second-order valence-corrected chi connectivity index (χ2v) is 5.44. The smallest absolute Gasteiger partial charge is 0.256 e. The fraction of sp³-hybridized carbons (Fsp3) is 0.818. The average molecular weight is 227 g/mol. The van der Waals surface area contributed by atoms with Crippen molar-refractivity contribution in [2.45, 2.75) is 38.2 Å². The molecule has 0 atom stereocenters. The SMILES string of the molecule is COC1(C2=NC(=O)CS2)CCC(C)CC1. The van der Waals surface area contributed by atoms with Crippen molar-refractivity contribution < 1.29 is 9.53 Å². The van der Waals surface area contributed by atoms with Crippen molar-refractivity contribution in [3.8, 4) is 0 Å². The highest BCUT2D eigenvalue weighted by Crippen LogP contribution is 2.39. The van der Waals surface area contributed by atoms with E-state index in [2.05, 4.69) is 11.9 Å². The number of carbonyl (C=O) groups is 1. The summed E-state index contributed by atoms with van der Waals surface area (Å²) in [5.74, 6) is 1.26. The van der Waals surface area contributed by atoms with Crippen LogP contribution in [0.5, 0.6) is 0 Å². The van der Waals surface area contributed by atoms with Crippen LogP contribution in [-0.4, -0.2) is 29.4 Å². The second kappa shape index (κ2) is 4.26. The van der Waals surface area contributed by atoms with Crippen molar-refractivity contribution in [2.75, 3.05) is 12.9 Å². The number of aliphatic imine (C=N–C) groups is 1. The van der Waals surface area contributed by atoms with Gasteiger partial charge in [-0.05, 0) is 31.6 Å². The summed E-state index contributed by atoms with van der Waals surface area (Å²) >= 11 is 1.56. The zero-order valence-corrected chi connectivity index (χ0v) is 10.1. The third-order valence-corrected chi connectivity index (χ3v) is 4.55. The molecule has 0 aromatic rings. The molecule has 1 aliphatic carbocycles. The van der Waals surface area contributed by atoms with E-state index in [0.717, 1.165) is 23.8 Å². The third kappa shape index (κ3) is 2.11. The quantitative estimate of drug-likeness (QED) is 0.726. The predicted molar refractivity (Wildman–Crippen MR) is 62.3 cm³/mol. The number of rotatable bonds is 2. The van der Waals surface area contributed by atoms with Gasteiger partial charge in [0, 0.05) is 7.11 Å². The first kappa shape index (κ1) is 11.1. The van der Waals surface area contributed by atoms with Crippen LogP contribution in [0.4, 0.5) is 0 Å². The Morgan fingerprint density at radius 1 is 1.47 bits per heavy atom. The number of thioether (sulfide) groups is 1. The van der Waals surface area contributed by atoms with Gasteiger partial charge in [-0.1, -0.05) is 18.7 Å². The van der Waals surface area contributed by atoms with Gasteiger partial charge < -0.3 is 4.74 Å². The molecule has 1 fully saturated rings. The lowest BCUT2D eigenvalue weighted by atomic mass is 9.80. The maximum atomic E-state index is 11.2. The molecule has 3 nitrogen and oxygen atoms in total. The zero-order chi connectivity index (χ0) is 10.9. The largest absolute Gasteiger partial charge is 0.371 e. The van der Waals surface area contributed by atoms with Gasteiger partial charge in [0.05, 0.1) is 5.75 Å². The molecule has 1 aliphatic heterocycles. The number of nitrogens with zero attached hydrogens (tertiary/aromatic N) is 1. The van der Waals surface area contributed by atoms with Crippen LogP contribution in [0.1, 0.15) is 32.6 Å². The van der Waals surface area contributed by atoms with Crippen molar-refractivity contribution in [2.24, 2.45) is 10.9 Å². The molecule has 15 heavy (non-hydrogen) atoms. The molecule has 84 valence electrons. The van der Waals surface area contributed by atoms with Crippen LogP contribution in [0.15, 0.2) is 4.99 Å². The van der Waals surface area contributed by atoms with Gasteiger partial charge in [-0.25, -0.2) is 4.99 Å². The van der Waals surface area contributed by atoms with E-state index in [1.54, 1.807) is 18.9 Å². The Kier molecular flexibility index (Phi) is 3.16. The van der Waals surface area contributed by atoms with Gasteiger partial charge in [-0.15, -0.1) is 0 Å². The first-order chi connectivity index (χ1) is 7.16. The van der Waals surface area contributed by atoms with E-state index in [-0.39, 0.29) is 11.5 Å². The minimum absolute atomic E-state index is 0.00922. The summed E-state index contributed by atoms with van der Waals surface area (Å²) in [5.41, 5.74) is -0.247. The number of carbonyl (C=O) groups excluding carboxylic acids is 1. The number of hydrogen-bond acceptors (Lipinski definition) is 3.